The van der Waals surface area contributed by atoms with E-state index in [4.69, 9.17) is 0 Å². The van der Waals surface area contributed by atoms with Crippen molar-refractivity contribution in [2.45, 2.75) is 70.9 Å². The fraction of sp³-hybridized carbons (Fsp3) is 1.00. The molecule has 1 rings (SSSR count). The smallest absolute Gasteiger partial charge is 0.0623 e. The van der Waals surface area contributed by atoms with Gasteiger partial charge in [-0.25, -0.2) is 0 Å². The Balaban J connectivity index is 2.52. The molecule has 3 nitrogen and oxygen atoms in total. The molecular weight excluding hydrogens is 224 g/mol. The van der Waals surface area contributed by atoms with E-state index in [0.29, 0.717) is 0 Å². The molecule has 1 atom stereocenters. The van der Waals surface area contributed by atoms with Crippen molar-refractivity contribution in [2.75, 3.05) is 26.2 Å². The predicted octanol–water partition coefficient (Wildman–Crippen LogP) is 2.39. The first-order chi connectivity index (χ1) is 8.65. The number of likely N-dealkylation sites (N-methyl/N-ethyl adjacent to an activating group) is 1. The number of aliphatic hydroxyl groups is 1. The van der Waals surface area contributed by atoms with Gasteiger partial charge in [0.2, 0.25) is 0 Å². The van der Waals surface area contributed by atoms with E-state index in [2.05, 4.69) is 31.0 Å². The molecule has 1 unspecified atom stereocenters. The third-order valence-electron chi connectivity index (χ3n) is 4.20. The van der Waals surface area contributed by atoms with E-state index >= 15 is 0 Å². The zero-order chi connectivity index (χ0) is 13.4. The van der Waals surface area contributed by atoms with Crippen molar-refractivity contribution in [3.63, 3.8) is 0 Å². The molecular formula is C15H32N2O. The highest BCUT2D eigenvalue weighted by molar-refractivity contribution is 4.88. The average Bonchev–Trinajstić information content (AvgIpc) is 2.43. The van der Waals surface area contributed by atoms with Gasteiger partial charge >= 0.3 is 0 Å². The Kier molecular flexibility index (Phi) is 7.20. The zero-order valence-corrected chi connectivity index (χ0v) is 12.5. The summed E-state index contributed by atoms with van der Waals surface area (Å²) in [6.45, 7) is 9.82. The molecule has 0 aromatic rings. The standard InChI is InChI=1S/C15H32N2O/c1-4-11-16-15(3,13-18)12-17(5-2)14-9-7-6-8-10-14/h14,16,18H,4-13H2,1-3H3. The molecule has 0 amide bonds. The van der Waals surface area contributed by atoms with E-state index in [1.807, 2.05) is 0 Å². The Hall–Kier alpha value is -0.120. The summed E-state index contributed by atoms with van der Waals surface area (Å²) in [6, 6.07) is 0.734. The van der Waals surface area contributed by atoms with Gasteiger partial charge in [-0.1, -0.05) is 33.1 Å². The van der Waals surface area contributed by atoms with Gasteiger partial charge in [0.15, 0.2) is 0 Å². The summed E-state index contributed by atoms with van der Waals surface area (Å²) < 4.78 is 0. The minimum Gasteiger partial charge on any atom is -0.394 e. The second-order valence-electron chi connectivity index (χ2n) is 6.00. The highest BCUT2D eigenvalue weighted by atomic mass is 16.3. The SMILES string of the molecule is CCCNC(C)(CO)CN(CC)C1CCCCC1. The van der Waals surface area contributed by atoms with Crippen LogP contribution in [0, 0.1) is 0 Å². The van der Waals surface area contributed by atoms with Crippen molar-refractivity contribution >= 4 is 0 Å². The van der Waals surface area contributed by atoms with Crippen molar-refractivity contribution in [1.29, 1.82) is 0 Å². The summed E-state index contributed by atoms with van der Waals surface area (Å²) in [4.78, 5) is 2.57. The van der Waals surface area contributed by atoms with Crippen LogP contribution in [-0.4, -0.2) is 47.8 Å². The van der Waals surface area contributed by atoms with E-state index < -0.39 is 0 Å². The van der Waals surface area contributed by atoms with Gasteiger partial charge in [0.25, 0.3) is 0 Å². The quantitative estimate of drug-likeness (QED) is 0.700. The van der Waals surface area contributed by atoms with Crippen molar-refractivity contribution in [2.24, 2.45) is 0 Å². The van der Waals surface area contributed by atoms with Crippen LogP contribution in [-0.2, 0) is 0 Å². The van der Waals surface area contributed by atoms with Crippen LogP contribution in [0.4, 0.5) is 0 Å². The average molecular weight is 256 g/mol. The van der Waals surface area contributed by atoms with Crippen LogP contribution in [0.2, 0.25) is 0 Å². The number of aliphatic hydroxyl groups excluding tert-OH is 1. The van der Waals surface area contributed by atoms with Crippen LogP contribution in [0.15, 0.2) is 0 Å². The Morgan fingerprint density at radius 2 is 1.89 bits per heavy atom. The minimum absolute atomic E-state index is 0.149. The molecule has 0 heterocycles. The lowest BCUT2D eigenvalue weighted by atomic mass is 9.92. The van der Waals surface area contributed by atoms with Crippen molar-refractivity contribution in [1.82, 2.24) is 10.2 Å². The topological polar surface area (TPSA) is 35.5 Å². The molecule has 1 fully saturated rings. The Labute approximate surface area is 113 Å². The third kappa shape index (κ3) is 4.87. The molecule has 3 heteroatoms. The molecule has 0 radical (unpaired) electrons. The molecule has 1 saturated carbocycles. The molecule has 2 N–H and O–H groups in total. The third-order valence-corrected chi connectivity index (χ3v) is 4.20. The summed E-state index contributed by atoms with van der Waals surface area (Å²) in [5.74, 6) is 0. The first-order valence-corrected chi connectivity index (χ1v) is 7.75. The Morgan fingerprint density at radius 3 is 2.39 bits per heavy atom. The normalized spacial score (nSPS) is 21.2. The maximum absolute atomic E-state index is 9.67. The minimum atomic E-state index is -0.149. The first kappa shape index (κ1) is 15.9. The van der Waals surface area contributed by atoms with Gasteiger partial charge < -0.3 is 10.4 Å². The summed E-state index contributed by atoms with van der Waals surface area (Å²) in [5.41, 5.74) is -0.149. The molecule has 108 valence electrons. The fourth-order valence-electron chi connectivity index (χ4n) is 2.98. The molecule has 0 aromatic heterocycles. The van der Waals surface area contributed by atoms with Crippen LogP contribution < -0.4 is 5.32 Å². The van der Waals surface area contributed by atoms with Crippen LogP contribution >= 0.6 is 0 Å². The molecule has 18 heavy (non-hydrogen) atoms. The summed E-state index contributed by atoms with van der Waals surface area (Å²) in [7, 11) is 0. The lowest BCUT2D eigenvalue weighted by Crippen LogP contribution is -2.56. The van der Waals surface area contributed by atoms with Crippen molar-refractivity contribution in [3.8, 4) is 0 Å². The second kappa shape index (κ2) is 8.13. The predicted molar refractivity (Wildman–Crippen MR) is 77.9 cm³/mol. The maximum Gasteiger partial charge on any atom is 0.0623 e. The molecule has 0 aliphatic heterocycles. The number of hydrogen-bond donors (Lipinski definition) is 2. The Bertz CT molecular complexity index is 217. The number of rotatable bonds is 8. The van der Waals surface area contributed by atoms with Gasteiger partial charge in [0.1, 0.15) is 0 Å². The fourth-order valence-corrected chi connectivity index (χ4v) is 2.98. The van der Waals surface area contributed by atoms with Crippen LogP contribution in [0.25, 0.3) is 0 Å². The van der Waals surface area contributed by atoms with Gasteiger partial charge in [-0.2, -0.15) is 0 Å². The molecule has 1 aliphatic rings. The van der Waals surface area contributed by atoms with Gasteiger partial charge in [0.05, 0.1) is 12.1 Å². The van der Waals surface area contributed by atoms with Gasteiger partial charge in [-0.05, 0) is 39.3 Å². The van der Waals surface area contributed by atoms with Crippen LogP contribution in [0.5, 0.6) is 0 Å². The zero-order valence-electron chi connectivity index (χ0n) is 12.5. The van der Waals surface area contributed by atoms with Crippen LogP contribution in [0.3, 0.4) is 0 Å². The highest BCUT2D eigenvalue weighted by Gasteiger charge is 2.29. The molecule has 0 aromatic carbocycles. The van der Waals surface area contributed by atoms with Crippen LogP contribution in [0.1, 0.15) is 59.3 Å². The lowest BCUT2D eigenvalue weighted by molar-refractivity contribution is 0.0839. The molecule has 0 bridgehead atoms. The monoisotopic (exact) mass is 256 g/mol. The van der Waals surface area contributed by atoms with Crippen molar-refractivity contribution in [3.05, 3.63) is 0 Å². The molecule has 0 saturated heterocycles. The van der Waals surface area contributed by atoms with E-state index in [-0.39, 0.29) is 12.1 Å². The lowest BCUT2D eigenvalue weighted by Gasteiger charge is -2.40. The summed E-state index contributed by atoms with van der Waals surface area (Å²) in [5, 5.41) is 13.2. The highest BCUT2D eigenvalue weighted by Crippen LogP contribution is 2.23. The van der Waals surface area contributed by atoms with Crippen molar-refractivity contribution < 1.29 is 5.11 Å². The Morgan fingerprint density at radius 1 is 1.22 bits per heavy atom. The summed E-state index contributed by atoms with van der Waals surface area (Å²) >= 11 is 0. The van der Waals surface area contributed by atoms with Gasteiger partial charge in [0, 0.05) is 12.6 Å². The molecule has 0 spiro atoms. The largest absolute Gasteiger partial charge is 0.394 e. The van der Waals surface area contributed by atoms with E-state index in [0.717, 1.165) is 32.1 Å². The number of hydrogen-bond acceptors (Lipinski definition) is 3. The van der Waals surface area contributed by atoms with E-state index in [9.17, 15) is 5.11 Å². The number of nitrogens with one attached hydrogen (secondary N) is 1. The summed E-state index contributed by atoms with van der Waals surface area (Å²) in [6.07, 6.45) is 7.94. The number of nitrogens with zero attached hydrogens (tertiary/aromatic N) is 1. The molecule has 1 aliphatic carbocycles. The first-order valence-electron chi connectivity index (χ1n) is 7.75. The maximum atomic E-state index is 9.67. The second-order valence-corrected chi connectivity index (χ2v) is 6.00. The van der Waals surface area contributed by atoms with Gasteiger partial charge in [-0.3, -0.25) is 4.90 Å². The van der Waals surface area contributed by atoms with Gasteiger partial charge in [-0.15, -0.1) is 0 Å². The van der Waals surface area contributed by atoms with E-state index in [1.165, 1.54) is 32.1 Å². The van der Waals surface area contributed by atoms with E-state index in [1.54, 1.807) is 0 Å².